The van der Waals surface area contributed by atoms with Gasteiger partial charge in [0.25, 0.3) is 0 Å². The Hall–Kier alpha value is -0.890. The Morgan fingerprint density at radius 3 is 2.57 bits per heavy atom. The third-order valence-corrected chi connectivity index (χ3v) is 2.71. The highest BCUT2D eigenvalue weighted by Gasteiger charge is 2.17. The molecule has 1 rings (SSSR count). The summed E-state index contributed by atoms with van der Waals surface area (Å²) < 4.78 is 0. The van der Waals surface area contributed by atoms with Crippen molar-refractivity contribution in [3.63, 3.8) is 0 Å². The van der Waals surface area contributed by atoms with Crippen LogP contribution in [0.25, 0.3) is 0 Å². The lowest BCUT2D eigenvalue weighted by atomic mass is 10.0. The lowest BCUT2D eigenvalue weighted by molar-refractivity contribution is 0.548. The molecule has 0 aliphatic rings. The third kappa shape index (κ3) is 2.55. The molecule has 0 radical (unpaired) electrons. The molecule has 0 aliphatic heterocycles. The van der Waals surface area contributed by atoms with Gasteiger partial charge in [-0.1, -0.05) is 24.6 Å². The maximum absolute atomic E-state index is 6.05. The van der Waals surface area contributed by atoms with E-state index in [-0.39, 0.29) is 5.54 Å². The van der Waals surface area contributed by atoms with Gasteiger partial charge in [0.2, 0.25) is 0 Å². The van der Waals surface area contributed by atoms with Crippen LogP contribution in [0.3, 0.4) is 0 Å². The molecule has 1 aromatic rings. The Morgan fingerprint density at radius 1 is 1.43 bits per heavy atom. The second-order valence-electron chi connectivity index (χ2n) is 4.07. The van der Waals surface area contributed by atoms with E-state index in [0.717, 1.165) is 12.1 Å². The standard InChI is InChI=1S/C11H17ClN2/c1-4-11(2,3)14-10-8(12)6-5-7-9(10)13/h5-7,14H,4,13H2,1-3H3. The van der Waals surface area contributed by atoms with Gasteiger partial charge < -0.3 is 11.1 Å². The Morgan fingerprint density at radius 2 is 2.07 bits per heavy atom. The summed E-state index contributed by atoms with van der Waals surface area (Å²) in [5, 5.41) is 4.02. The van der Waals surface area contributed by atoms with E-state index in [4.69, 9.17) is 17.3 Å². The molecule has 0 fully saturated rings. The molecule has 0 heterocycles. The summed E-state index contributed by atoms with van der Waals surface area (Å²) in [5.74, 6) is 0. The van der Waals surface area contributed by atoms with Crippen LogP contribution in [0.4, 0.5) is 11.4 Å². The summed E-state index contributed by atoms with van der Waals surface area (Å²) in [6.07, 6.45) is 1.01. The van der Waals surface area contributed by atoms with Crippen LogP contribution in [0.1, 0.15) is 27.2 Å². The zero-order chi connectivity index (χ0) is 10.8. The number of halogens is 1. The van der Waals surface area contributed by atoms with E-state index < -0.39 is 0 Å². The predicted octanol–water partition coefficient (Wildman–Crippen LogP) is 3.52. The van der Waals surface area contributed by atoms with Crippen LogP contribution in [0.2, 0.25) is 5.02 Å². The van der Waals surface area contributed by atoms with Crippen molar-refractivity contribution in [3.8, 4) is 0 Å². The van der Waals surface area contributed by atoms with Crippen LogP contribution in [-0.2, 0) is 0 Å². The summed E-state index contributed by atoms with van der Waals surface area (Å²) in [5.41, 5.74) is 7.38. The molecular formula is C11H17ClN2. The van der Waals surface area contributed by atoms with Gasteiger partial charge in [0.1, 0.15) is 0 Å². The van der Waals surface area contributed by atoms with Crippen LogP contribution in [-0.4, -0.2) is 5.54 Å². The number of hydrogen-bond acceptors (Lipinski definition) is 2. The molecule has 3 heteroatoms. The molecule has 0 bridgehead atoms. The number of nitrogens with two attached hydrogens (primary N) is 1. The fourth-order valence-corrected chi connectivity index (χ4v) is 1.33. The molecule has 78 valence electrons. The molecule has 0 aromatic heterocycles. The molecule has 0 spiro atoms. The number of para-hydroxylation sites is 1. The Kier molecular flexibility index (Phi) is 3.27. The average molecular weight is 213 g/mol. The van der Waals surface area contributed by atoms with E-state index in [2.05, 4.69) is 26.1 Å². The van der Waals surface area contributed by atoms with Gasteiger partial charge in [0.15, 0.2) is 0 Å². The Balaban J connectivity index is 2.97. The minimum Gasteiger partial charge on any atom is -0.397 e. The van der Waals surface area contributed by atoms with Crippen molar-refractivity contribution in [2.45, 2.75) is 32.7 Å². The van der Waals surface area contributed by atoms with E-state index in [1.807, 2.05) is 18.2 Å². The normalized spacial score (nSPS) is 11.4. The zero-order valence-corrected chi connectivity index (χ0v) is 9.65. The summed E-state index contributed by atoms with van der Waals surface area (Å²) in [6, 6.07) is 5.54. The van der Waals surface area contributed by atoms with Gasteiger partial charge in [0.05, 0.1) is 16.4 Å². The van der Waals surface area contributed by atoms with Gasteiger partial charge >= 0.3 is 0 Å². The van der Waals surface area contributed by atoms with Crippen molar-refractivity contribution in [2.24, 2.45) is 0 Å². The van der Waals surface area contributed by atoms with Crippen molar-refractivity contribution in [3.05, 3.63) is 23.2 Å². The van der Waals surface area contributed by atoms with Crippen molar-refractivity contribution in [1.29, 1.82) is 0 Å². The van der Waals surface area contributed by atoms with Crippen molar-refractivity contribution >= 4 is 23.0 Å². The SMILES string of the molecule is CCC(C)(C)Nc1c(N)cccc1Cl. The summed E-state index contributed by atoms with van der Waals surface area (Å²) in [6.45, 7) is 6.37. The molecular weight excluding hydrogens is 196 g/mol. The van der Waals surface area contributed by atoms with Gasteiger partial charge in [-0.25, -0.2) is 0 Å². The topological polar surface area (TPSA) is 38.0 Å². The third-order valence-electron chi connectivity index (χ3n) is 2.39. The number of rotatable bonds is 3. The van der Waals surface area contributed by atoms with Crippen molar-refractivity contribution in [1.82, 2.24) is 0 Å². The molecule has 0 amide bonds. The van der Waals surface area contributed by atoms with E-state index in [1.165, 1.54) is 0 Å². The van der Waals surface area contributed by atoms with Crippen molar-refractivity contribution in [2.75, 3.05) is 11.1 Å². The first-order chi connectivity index (χ1) is 6.46. The highest BCUT2D eigenvalue weighted by atomic mass is 35.5. The number of anilines is 2. The van der Waals surface area contributed by atoms with Crippen LogP contribution >= 0.6 is 11.6 Å². The highest BCUT2D eigenvalue weighted by molar-refractivity contribution is 6.33. The predicted molar refractivity (Wildman–Crippen MR) is 63.9 cm³/mol. The van der Waals surface area contributed by atoms with Gasteiger partial charge in [-0.2, -0.15) is 0 Å². The number of hydrogen-bond donors (Lipinski definition) is 2. The molecule has 1 aromatic carbocycles. The maximum Gasteiger partial charge on any atom is 0.0767 e. The smallest absolute Gasteiger partial charge is 0.0767 e. The lowest BCUT2D eigenvalue weighted by Crippen LogP contribution is -2.30. The molecule has 2 nitrogen and oxygen atoms in total. The Labute approximate surface area is 90.4 Å². The maximum atomic E-state index is 6.05. The second kappa shape index (κ2) is 4.09. The quantitative estimate of drug-likeness (QED) is 0.753. The van der Waals surface area contributed by atoms with E-state index in [1.54, 1.807) is 0 Å². The first-order valence-corrected chi connectivity index (χ1v) is 5.16. The van der Waals surface area contributed by atoms with Crippen LogP contribution in [0.15, 0.2) is 18.2 Å². The summed E-state index contributed by atoms with van der Waals surface area (Å²) >= 11 is 6.05. The average Bonchev–Trinajstić information content (AvgIpc) is 2.12. The second-order valence-corrected chi connectivity index (χ2v) is 4.47. The van der Waals surface area contributed by atoms with Crippen LogP contribution in [0.5, 0.6) is 0 Å². The minimum atomic E-state index is 0.0130. The molecule has 0 aliphatic carbocycles. The fraction of sp³-hybridized carbons (Fsp3) is 0.455. The summed E-state index contributed by atoms with van der Waals surface area (Å²) in [4.78, 5) is 0. The van der Waals surface area contributed by atoms with Gasteiger partial charge in [0, 0.05) is 5.54 Å². The van der Waals surface area contributed by atoms with Gasteiger partial charge in [-0.05, 0) is 32.4 Å². The lowest BCUT2D eigenvalue weighted by Gasteiger charge is -2.27. The molecule has 14 heavy (non-hydrogen) atoms. The first-order valence-electron chi connectivity index (χ1n) is 4.78. The van der Waals surface area contributed by atoms with E-state index in [9.17, 15) is 0 Å². The van der Waals surface area contributed by atoms with Crippen LogP contribution in [0, 0.1) is 0 Å². The largest absolute Gasteiger partial charge is 0.397 e. The van der Waals surface area contributed by atoms with E-state index >= 15 is 0 Å². The van der Waals surface area contributed by atoms with Crippen LogP contribution < -0.4 is 11.1 Å². The van der Waals surface area contributed by atoms with Gasteiger partial charge in [-0.3, -0.25) is 0 Å². The number of benzene rings is 1. The molecule has 0 saturated carbocycles. The number of nitrogen functional groups attached to an aromatic ring is 1. The monoisotopic (exact) mass is 212 g/mol. The number of nitrogens with one attached hydrogen (secondary N) is 1. The molecule has 0 atom stereocenters. The minimum absolute atomic E-state index is 0.0130. The Bertz CT molecular complexity index is 301. The van der Waals surface area contributed by atoms with Crippen molar-refractivity contribution < 1.29 is 0 Å². The molecule has 0 unspecified atom stereocenters. The summed E-state index contributed by atoms with van der Waals surface area (Å²) in [7, 11) is 0. The molecule has 3 N–H and O–H groups in total. The first kappa shape index (κ1) is 11.2. The van der Waals surface area contributed by atoms with E-state index in [0.29, 0.717) is 10.7 Å². The highest BCUT2D eigenvalue weighted by Crippen LogP contribution is 2.31. The molecule has 0 saturated heterocycles. The van der Waals surface area contributed by atoms with Gasteiger partial charge in [-0.15, -0.1) is 0 Å². The zero-order valence-electron chi connectivity index (χ0n) is 8.89. The fourth-order valence-electron chi connectivity index (χ4n) is 1.10.